The number of fused-ring (bicyclic) bond motifs is 1. The van der Waals surface area contributed by atoms with Crippen LogP contribution in [-0.2, 0) is 23.9 Å². The minimum absolute atomic E-state index is 0. The molecular formula is C10H15ClN2O5S. The molecule has 2 saturated heterocycles. The number of halogens is 1. The number of carbonyl (C=O) groups is 3. The summed E-state index contributed by atoms with van der Waals surface area (Å²) in [5.74, 6) is -0.839. The second-order valence-electron chi connectivity index (χ2n) is 4.63. The Kier molecular flexibility index (Phi) is 4.70. The highest BCUT2D eigenvalue weighted by Gasteiger charge is 2.63. The number of nitrogens with zero attached hydrogens (tertiary/aromatic N) is 1. The van der Waals surface area contributed by atoms with Gasteiger partial charge in [0.25, 0.3) is 6.47 Å². The lowest BCUT2D eigenvalue weighted by molar-refractivity contribution is -0.172. The molecule has 9 heteroatoms. The maximum Gasteiger partial charge on any atom is 0.333 e. The highest BCUT2D eigenvalue weighted by molar-refractivity contribution is 8.01. The predicted molar refractivity (Wildman–Crippen MR) is 69.4 cm³/mol. The van der Waals surface area contributed by atoms with Gasteiger partial charge in [-0.25, -0.2) is 4.79 Å². The molecule has 0 aromatic carbocycles. The van der Waals surface area contributed by atoms with Crippen LogP contribution < -0.4 is 5.73 Å². The van der Waals surface area contributed by atoms with Crippen molar-refractivity contribution in [3.63, 3.8) is 0 Å². The topological polar surface area (TPSA) is 98.9 Å². The zero-order valence-electron chi connectivity index (χ0n) is 10.4. The summed E-state index contributed by atoms with van der Waals surface area (Å²) in [5, 5.41) is -0.183. The first-order valence-corrected chi connectivity index (χ1v) is 6.25. The lowest BCUT2D eigenvalue weighted by Gasteiger charge is -2.41. The third kappa shape index (κ3) is 2.52. The van der Waals surface area contributed by atoms with Crippen LogP contribution >= 0.6 is 24.2 Å². The first-order valence-electron chi connectivity index (χ1n) is 5.37. The van der Waals surface area contributed by atoms with E-state index in [1.807, 2.05) is 13.8 Å². The summed E-state index contributed by atoms with van der Waals surface area (Å²) in [4.78, 5) is 35.0. The molecule has 2 rings (SSSR count). The molecule has 2 N–H and O–H groups in total. The van der Waals surface area contributed by atoms with Crippen LogP contribution in [0.3, 0.4) is 0 Å². The molecule has 0 spiro atoms. The van der Waals surface area contributed by atoms with E-state index in [1.54, 1.807) is 0 Å². The Bertz CT molecular complexity index is 405. The number of carbonyl (C=O) groups excluding carboxylic acids is 3. The van der Waals surface area contributed by atoms with Gasteiger partial charge >= 0.3 is 5.97 Å². The van der Waals surface area contributed by atoms with Crippen LogP contribution in [0, 0.1) is 0 Å². The second-order valence-corrected chi connectivity index (χ2v) is 6.40. The van der Waals surface area contributed by atoms with Crippen LogP contribution in [0.5, 0.6) is 0 Å². The Morgan fingerprint density at radius 1 is 1.58 bits per heavy atom. The Morgan fingerprint density at radius 2 is 2.21 bits per heavy atom. The molecular weight excluding hydrogens is 296 g/mol. The molecule has 1 amide bonds. The van der Waals surface area contributed by atoms with Crippen molar-refractivity contribution in [2.45, 2.75) is 36.1 Å². The summed E-state index contributed by atoms with van der Waals surface area (Å²) in [6, 6.07) is -1.26. The molecule has 0 bridgehead atoms. The van der Waals surface area contributed by atoms with E-state index in [-0.39, 0.29) is 30.2 Å². The smallest absolute Gasteiger partial charge is 0.333 e. The standard InChI is InChI=1S/C10H14N2O5S.ClH/c1-10(2)6(9(15)17-4-16-3-13)12-7(14)5(11)8(12)18-10;/h3,5-6,8H,4,11H2,1-2H3;1H/t5?,6-,8+;/m0./s1. The second kappa shape index (κ2) is 5.56. The van der Waals surface area contributed by atoms with Gasteiger partial charge in [0.1, 0.15) is 17.5 Å². The van der Waals surface area contributed by atoms with Gasteiger partial charge in [0, 0.05) is 4.75 Å². The van der Waals surface area contributed by atoms with Crippen LogP contribution in [0.4, 0.5) is 0 Å². The predicted octanol–water partition coefficient (Wildman–Crippen LogP) is -0.528. The van der Waals surface area contributed by atoms with Crippen molar-refractivity contribution in [2.24, 2.45) is 5.73 Å². The van der Waals surface area contributed by atoms with E-state index in [9.17, 15) is 14.4 Å². The lowest BCUT2D eigenvalue weighted by Crippen LogP contribution is -2.68. The Labute approximate surface area is 120 Å². The number of esters is 1. The van der Waals surface area contributed by atoms with Crippen molar-refractivity contribution in [3.8, 4) is 0 Å². The molecule has 0 aliphatic carbocycles. The first-order chi connectivity index (χ1) is 8.40. The molecule has 3 atom stereocenters. The number of nitrogens with two attached hydrogens (primary N) is 1. The van der Waals surface area contributed by atoms with Gasteiger partial charge in [0.05, 0.1) is 0 Å². The fraction of sp³-hybridized carbons (Fsp3) is 0.700. The maximum absolute atomic E-state index is 11.9. The van der Waals surface area contributed by atoms with Gasteiger partial charge in [0.15, 0.2) is 0 Å². The minimum Gasteiger partial charge on any atom is -0.430 e. The van der Waals surface area contributed by atoms with Gasteiger partial charge in [-0.3, -0.25) is 9.59 Å². The average molecular weight is 311 g/mol. The highest BCUT2D eigenvalue weighted by Crippen LogP contribution is 2.50. The van der Waals surface area contributed by atoms with E-state index in [0.717, 1.165) is 0 Å². The van der Waals surface area contributed by atoms with E-state index in [2.05, 4.69) is 4.74 Å². The van der Waals surface area contributed by atoms with Gasteiger partial charge in [-0.05, 0) is 13.8 Å². The fourth-order valence-corrected chi connectivity index (χ4v) is 3.78. The van der Waals surface area contributed by atoms with Crippen molar-refractivity contribution in [1.82, 2.24) is 4.90 Å². The molecule has 2 heterocycles. The third-order valence-electron chi connectivity index (χ3n) is 3.04. The third-order valence-corrected chi connectivity index (χ3v) is 4.64. The van der Waals surface area contributed by atoms with Gasteiger partial charge in [-0.1, -0.05) is 0 Å². The number of ether oxygens (including phenoxy) is 2. The minimum atomic E-state index is -0.699. The molecule has 108 valence electrons. The van der Waals surface area contributed by atoms with Crippen molar-refractivity contribution < 1.29 is 23.9 Å². The SMILES string of the molecule is CC1(C)S[C@@H]2C(N)C(=O)N2[C@H]1C(=O)OCOC=O.Cl. The van der Waals surface area contributed by atoms with Crippen molar-refractivity contribution in [2.75, 3.05) is 6.79 Å². The van der Waals surface area contributed by atoms with E-state index in [0.29, 0.717) is 0 Å². The van der Waals surface area contributed by atoms with Crippen molar-refractivity contribution in [3.05, 3.63) is 0 Å². The maximum atomic E-state index is 11.9. The van der Waals surface area contributed by atoms with Crippen molar-refractivity contribution in [1.29, 1.82) is 0 Å². The number of amides is 1. The molecule has 7 nitrogen and oxygen atoms in total. The summed E-state index contributed by atoms with van der Waals surface area (Å²) in [6.45, 7) is 3.44. The van der Waals surface area contributed by atoms with Crippen molar-refractivity contribution >= 4 is 42.5 Å². The van der Waals surface area contributed by atoms with Gasteiger partial charge in [0.2, 0.25) is 12.7 Å². The molecule has 0 aromatic rings. The molecule has 2 aliphatic heterocycles. The molecule has 2 fully saturated rings. The lowest BCUT2D eigenvalue weighted by atomic mass is 9.96. The summed E-state index contributed by atoms with van der Waals surface area (Å²) in [6.07, 6.45) is 0. The molecule has 19 heavy (non-hydrogen) atoms. The number of thioether (sulfide) groups is 1. The van der Waals surface area contributed by atoms with Crippen LogP contribution in [0.15, 0.2) is 0 Å². The van der Waals surface area contributed by atoms with Crippen LogP contribution in [0.2, 0.25) is 0 Å². The normalized spacial score (nSPS) is 30.8. The number of rotatable bonds is 4. The average Bonchev–Trinajstić information content (AvgIpc) is 2.58. The van der Waals surface area contributed by atoms with Crippen LogP contribution in [0.25, 0.3) is 0 Å². The number of hydrogen-bond donors (Lipinski definition) is 1. The largest absolute Gasteiger partial charge is 0.430 e. The Morgan fingerprint density at radius 3 is 2.79 bits per heavy atom. The fourth-order valence-electron chi connectivity index (χ4n) is 2.22. The van der Waals surface area contributed by atoms with Gasteiger partial charge in [-0.2, -0.15) is 0 Å². The molecule has 0 aromatic heterocycles. The van der Waals surface area contributed by atoms with E-state index in [4.69, 9.17) is 10.5 Å². The molecule has 0 saturated carbocycles. The monoisotopic (exact) mass is 310 g/mol. The number of β-lactam (4-membered cyclic amide) rings is 1. The molecule has 1 unspecified atom stereocenters. The zero-order chi connectivity index (χ0) is 13.5. The van der Waals surface area contributed by atoms with E-state index in [1.165, 1.54) is 16.7 Å². The highest BCUT2D eigenvalue weighted by atomic mass is 35.5. The summed E-state index contributed by atoms with van der Waals surface area (Å²) < 4.78 is 8.62. The van der Waals surface area contributed by atoms with Gasteiger partial charge < -0.3 is 20.1 Å². The quantitative estimate of drug-likeness (QED) is 0.245. The van der Waals surface area contributed by atoms with Gasteiger partial charge in [-0.15, -0.1) is 24.2 Å². The Hall–Kier alpha value is -0.990. The molecule has 0 radical (unpaired) electrons. The summed E-state index contributed by atoms with van der Waals surface area (Å²) >= 11 is 1.47. The summed E-state index contributed by atoms with van der Waals surface area (Å²) in [7, 11) is 0. The summed E-state index contributed by atoms with van der Waals surface area (Å²) in [5.41, 5.74) is 5.68. The van der Waals surface area contributed by atoms with E-state index < -0.39 is 29.6 Å². The van der Waals surface area contributed by atoms with Crippen LogP contribution in [0.1, 0.15) is 13.8 Å². The zero-order valence-corrected chi connectivity index (χ0v) is 12.0. The number of hydrogen-bond acceptors (Lipinski definition) is 7. The Balaban J connectivity index is 0.00000180. The molecule has 2 aliphatic rings. The van der Waals surface area contributed by atoms with Crippen LogP contribution in [-0.4, -0.2) is 52.2 Å². The first kappa shape index (κ1) is 16.1. The van der Waals surface area contributed by atoms with E-state index >= 15 is 0 Å².